The molecule has 1 saturated heterocycles. The molecule has 92 valence electrons. The second-order valence-electron chi connectivity index (χ2n) is 5.12. The minimum Gasteiger partial charge on any atom is -0.384 e. The Kier molecular flexibility index (Phi) is 2.97. The van der Waals surface area contributed by atoms with Gasteiger partial charge in [-0.05, 0) is 19.3 Å². The molecule has 0 spiro atoms. The lowest BCUT2D eigenvalue weighted by Crippen LogP contribution is -2.10. The number of nitrogens with two attached hydrogens (primary N) is 1. The van der Waals surface area contributed by atoms with Crippen molar-refractivity contribution in [3.05, 3.63) is 17.6 Å². The van der Waals surface area contributed by atoms with Crippen molar-refractivity contribution in [2.75, 3.05) is 18.9 Å². The zero-order valence-corrected chi connectivity index (χ0v) is 10.1. The molecule has 1 aromatic heterocycles. The summed E-state index contributed by atoms with van der Waals surface area (Å²) >= 11 is 0. The number of anilines is 1. The highest BCUT2D eigenvalue weighted by molar-refractivity contribution is 5.32. The second-order valence-corrected chi connectivity index (χ2v) is 5.12. The van der Waals surface area contributed by atoms with Gasteiger partial charge in [-0.1, -0.05) is 12.8 Å². The fourth-order valence-electron chi connectivity index (χ4n) is 2.86. The Balaban J connectivity index is 1.88. The molecule has 1 aliphatic heterocycles. The largest absolute Gasteiger partial charge is 0.384 e. The van der Waals surface area contributed by atoms with Gasteiger partial charge in [-0.25, -0.2) is 9.97 Å². The Morgan fingerprint density at radius 3 is 2.65 bits per heavy atom. The Bertz CT molecular complexity index is 361. The molecule has 4 nitrogen and oxygen atoms in total. The van der Waals surface area contributed by atoms with Crippen LogP contribution in [0.25, 0.3) is 0 Å². The van der Waals surface area contributed by atoms with Crippen LogP contribution in [0, 0.1) is 0 Å². The van der Waals surface area contributed by atoms with E-state index >= 15 is 0 Å². The van der Waals surface area contributed by atoms with Crippen LogP contribution in [0.4, 0.5) is 5.82 Å². The van der Waals surface area contributed by atoms with E-state index in [1.165, 1.54) is 25.7 Å². The topological polar surface area (TPSA) is 61.0 Å². The summed E-state index contributed by atoms with van der Waals surface area (Å²) in [6, 6.07) is 1.95. The first-order valence-corrected chi connectivity index (χ1v) is 6.55. The molecule has 0 radical (unpaired) electrons. The van der Waals surface area contributed by atoms with E-state index in [4.69, 9.17) is 15.5 Å². The Labute approximate surface area is 102 Å². The fourth-order valence-corrected chi connectivity index (χ4v) is 2.86. The van der Waals surface area contributed by atoms with Gasteiger partial charge in [0.2, 0.25) is 0 Å². The Hall–Kier alpha value is -1.16. The molecule has 1 atom stereocenters. The van der Waals surface area contributed by atoms with Crippen molar-refractivity contribution in [1.29, 1.82) is 0 Å². The van der Waals surface area contributed by atoms with E-state index < -0.39 is 0 Å². The van der Waals surface area contributed by atoms with E-state index in [0.29, 0.717) is 17.7 Å². The molecule has 0 amide bonds. The summed E-state index contributed by atoms with van der Waals surface area (Å²) in [6.45, 7) is 1.56. The highest BCUT2D eigenvalue weighted by Crippen LogP contribution is 2.34. The maximum absolute atomic E-state index is 5.90. The van der Waals surface area contributed by atoms with E-state index in [9.17, 15) is 0 Å². The first kappa shape index (κ1) is 11.0. The average Bonchev–Trinajstić information content (AvgIpc) is 3.02. The van der Waals surface area contributed by atoms with E-state index in [1.807, 2.05) is 6.07 Å². The fraction of sp³-hybridized carbons (Fsp3) is 0.692. The third kappa shape index (κ3) is 2.27. The Morgan fingerprint density at radius 1 is 1.12 bits per heavy atom. The first-order valence-electron chi connectivity index (χ1n) is 6.55. The number of hydrogen-bond donors (Lipinski definition) is 1. The number of aromatic nitrogens is 2. The molecule has 1 aliphatic carbocycles. The SMILES string of the molecule is Nc1cc(C2CCCC2)nc(C2CCOC2)n1. The normalized spacial score (nSPS) is 25.5. The monoisotopic (exact) mass is 233 g/mol. The molecule has 4 heteroatoms. The molecule has 1 unspecified atom stereocenters. The number of ether oxygens (including phenoxy) is 1. The van der Waals surface area contributed by atoms with E-state index in [2.05, 4.69) is 4.98 Å². The number of nitrogen functional groups attached to an aromatic ring is 1. The molecule has 2 fully saturated rings. The summed E-state index contributed by atoms with van der Waals surface area (Å²) in [7, 11) is 0. The van der Waals surface area contributed by atoms with Crippen molar-refractivity contribution in [3.8, 4) is 0 Å². The minimum atomic E-state index is 0.346. The maximum atomic E-state index is 5.90. The van der Waals surface area contributed by atoms with Crippen LogP contribution >= 0.6 is 0 Å². The zero-order valence-electron chi connectivity index (χ0n) is 10.1. The van der Waals surface area contributed by atoms with E-state index in [0.717, 1.165) is 31.2 Å². The molecule has 0 bridgehead atoms. The third-order valence-electron chi connectivity index (χ3n) is 3.85. The summed E-state index contributed by atoms with van der Waals surface area (Å²) < 4.78 is 5.40. The van der Waals surface area contributed by atoms with Crippen LogP contribution in [0.2, 0.25) is 0 Å². The van der Waals surface area contributed by atoms with Gasteiger partial charge in [-0.3, -0.25) is 0 Å². The lowest BCUT2D eigenvalue weighted by molar-refractivity contribution is 0.193. The first-order chi connectivity index (χ1) is 8.33. The number of nitrogens with zero attached hydrogens (tertiary/aromatic N) is 2. The van der Waals surface area contributed by atoms with Crippen LogP contribution in [-0.4, -0.2) is 23.2 Å². The summed E-state index contributed by atoms with van der Waals surface area (Å²) in [6.07, 6.45) is 6.15. The maximum Gasteiger partial charge on any atom is 0.136 e. The van der Waals surface area contributed by atoms with Gasteiger partial charge >= 0.3 is 0 Å². The molecule has 17 heavy (non-hydrogen) atoms. The highest BCUT2D eigenvalue weighted by Gasteiger charge is 2.24. The summed E-state index contributed by atoms with van der Waals surface area (Å²) in [4.78, 5) is 9.10. The van der Waals surface area contributed by atoms with Gasteiger partial charge in [-0.2, -0.15) is 0 Å². The molecule has 2 aliphatic rings. The van der Waals surface area contributed by atoms with Crippen molar-refractivity contribution in [2.45, 2.75) is 43.9 Å². The predicted octanol–water partition coefficient (Wildman–Crippen LogP) is 2.22. The van der Waals surface area contributed by atoms with Crippen LogP contribution < -0.4 is 5.73 Å². The quantitative estimate of drug-likeness (QED) is 0.850. The van der Waals surface area contributed by atoms with Crippen LogP contribution in [0.5, 0.6) is 0 Å². The van der Waals surface area contributed by atoms with Crippen molar-refractivity contribution in [2.24, 2.45) is 0 Å². The number of rotatable bonds is 2. The van der Waals surface area contributed by atoms with Gasteiger partial charge < -0.3 is 10.5 Å². The standard InChI is InChI=1S/C13H19N3O/c14-12-7-11(9-3-1-2-4-9)15-13(16-12)10-5-6-17-8-10/h7,9-10H,1-6,8H2,(H2,14,15,16). The van der Waals surface area contributed by atoms with Crippen molar-refractivity contribution in [1.82, 2.24) is 9.97 Å². The summed E-state index contributed by atoms with van der Waals surface area (Å²) in [5.41, 5.74) is 7.05. The third-order valence-corrected chi connectivity index (χ3v) is 3.85. The summed E-state index contributed by atoms with van der Waals surface area (Å²) in [5, 5.41) is 0. The molecule has 2 N–H and O–H groups in total. The minimum absolute atomic E-state index is 0.346. The van der Waals surface area contributed by atoms with Gasteiger partial charge in [0, 0.05) is 30.2 Å². The van der Waals surface area contributed by atoms with Crippen LogP contribution in [-0.2, 0) is 4.74 Å². The van der Waals surface area contributed by atoms with Crippen molar-refractivity contribution >= 4 is 5.82 Å². The van der Waals surface area contributed by atoms with Crippen LogP contribution in [0.3, 0.4) is 0 Å². The van der Waals surface area contributed by atoms with Gasteiger partial charge in [0.05, 0.1) is 6.61 Å². The second kappa shape index (κ2) is 4.61. The molecule has 2 heterocycles. The molecule has 1 saturated carbocycles. The van der Waals surface area contributed by atoms with Gasteiger partial charge in [0.25, 0.3) is 0 Å². The molecule has 0 aromatic carbocycles. The molecular weight excluding hydrogens is 214 g/mol. The highest BCUT2D eigenvalue weighted by atomic mass is 16.5. The smallest absolute Gasteiger partial charge is 0.136 e. The van der Waals surface area contributed by atoms with Gasteiger partial charge in [0.15, 0.2) is 0 Å². The lowest BCUT2D eigenvalue weighted by atomic mass is 10.0. The lowest BCUT2D eigenvalue weighted by Gasteiger charge is -2.13. The van der Waals surface area contributed by atoms with E-state index in [-0.39, 0.29) is 0 Å². The van der Waals surface area contributed by atoms with Crippen molar-refractivity contribution < 1.29 is 4.74 Å². The number of hydrogen-bond acceptors (Lipinski definition) is 4. The van der Waals surface area contributed by atoms with Crippen LogP contribution in [0.15, 0.2) is 6.07 Å². The Morgan fingerprint density at radius 2 is 1.94 bits per heavy atom. The summed E-state index contributed by atoms with van der Waals surface area (Å²) in [5.74, 6) is 2.45. The molecular formula is C13H19N3O. The molecule has 1 aromatic rings. The van der Waals surface area contributed by atoms with Crippen molar-refractivity contribution in [3.63, 3.8) is 0 Å². The van der Waals surface area contributed by atoms with Gasteiger partial charge in [-0.15, -0.1) is 0 Å². The van der Waals surface area contributed by atoms with Gasteiger partial charge in [0.1, 0.15) is 11.6 Å². The average molecular weight is 233 g/mol. The van der Waals surface area contributed by atoms with E-state index in [1.54, 1.807) is 0 Å². The zero-order chi connectivity index (χ0) is 11.7. The molecule has 3 rings (SSSR count). The van der Waals surface area contributed by atoms with Crippen LogP contribution in [0.1, 0.15) is 55.5 Å². The predicted molar refractivity (Wildman–Crippen MR) is 65.8 cm³/mol.